The Labute approximate surface area is 154 Å². The van der Waals surface area contributed by atoms with Crippen LogP contribution in [0.1, 0.15) is 0 Å². The van der Waals surface area contributed by atoms with E-state index in [1.807, 2.05) is 60.7 Å². The van der Waals surface area contributed by atoms with Gasteiger partial charge >= 0.3 is 0 Å². The summed E-state index contributed by atoms with van der Waals surface area (Å²) >= 11 is 1.40. The summed E-state index contributed by atoms with van der Waals surface area (Å²) < 4.78 is 11.9. The third kappa shape index (κ3) is 3.32. The minimum Gasteiger partial charge on any atom is -0.494 e. The van der Waals surface area contributed by atoms with Gasteiger partial charge in [0.15, 0.2) is 11.7 Å². The third-order valence-electron chi connectivity index (χ3n) is 3.94. The third-order valence-corrected chi connectivity index (χ3v) is 4.88. The Kier molecular flexibility index (Phi) is 4.41. The van der Waals surface area contributed by atoms with Crippen LogP contribution in [0.25, 0.3) is 21.0 Å². The van der Waals surface area contributed by atoms with E-state index in [1.54, 1.807) is 7.11 Å². The lowest BCUT2D eigenvalue weighted by Crippen LogP contribution is -2.19. The van der Waals surface area contributed by atoms with E-state index in [2.05, 4.69) is 10.3 Å². The number of hydrogen-bond donors (Lipinski definition) is 1. The van der Waals surface area contributed by atoms with E-state index >= 15 is 0 Å². The van der Waals surface area contributed by atoms with Crippen LogP contribution in [0.4, 0.5) is 5.13 Å². The van der Waals surface area contributed by atoms with Crippen LogP contribution in [0.15, 0.2) is 60.7 Å². The first-order chi connectivity index (χ1) is 12.7. The molecule has 1 heterocycles. The highest BCUT2D eigenvalue weighted by molar-refractivity contribution is 7.22. The minimum atomic E-state index is -0.254. The number of aromatic nitrogens is 1. The number of carbonyl (C=O) groups excluding carboxylic acids is 1. The predicted octanol–water partition coefficient (Wildman–Crippen LogP) is 4.48. The van der Waals surface area contributed by atoms with Crippen molar-refractivity contribution in [2.75, 3.05) is 19.0 Å². The molecule has 0 aliphatic carbocycles. The molecule has 3 aromatic carbocycles. The number of methoxy groups -OCH3 is 1. The number of para-hydroxylation sites is 1. The number of benzene rings is 3. The SMILES string of the molecule is COc1cccc2sc(NC(=O)COc3ccc4ccccc4c3)nc12. The number of nitrogens with zero attached hydrogens (tertiary/aromatic N) is 1. The molecular formula is C20H16N2O3S. The number of rotatable bonds is 5. The van der Waals surface area contributed by atoms with Crippen molar-refractivity contribution in [2.24, 2.45) is 0 Å². The summed E-state index contributed by atoms with van der Waals surface area (Å²) in [6, 6.07) is 19.4. The van der Waals surface area contributed by atoms with Gasteiger partial charge in [-0.05, 0) is 35.0 Å². The van der Waals surface area contributed by atoms with E-state index in [4.69, 9.17) is 9.47 Å². The molecule has 0 unspecified atom stereocenters. The van der Waals surface area contributed by atoms with E-state index in [1.165, 1.54) is 11.3 Å². The van der Waals surface area contributed by atoms with Crippen molar-refractivity contribution in [1.29, 1.82) is 0 Å². The van der Waals surface area contributed by atoms with Crippen LogP contribution in [-0.4, -0.2) is 24.6 Å². The van der Waals surface area contributed by atoms with Crippen LogP contribution in [0.5, 0.6) is 11.5 Å². The monoisotopic (exact) mass is 364 g/mol. The molecule has 0 saturated heterocycles. The Balaban J connectivity index is 1.43. The van der Waals surface area contributed by atoms with Gasteiger partial charge in [-0.25, -0.2) is 4.98 Å². The Morgan fingerprint density at radius 2 is 1.92 bits per heavy atom. The Hall–Kier alpha value is -3.12. The average molecular weight is 364 g/mol. The van der Waals surface area contributed by atoms with Gasteiger partial charge < -0.3 is 9.47 Å². The molecule has 0 aliphatic heterocycles. The number of fused-ring (bicyclic) bond motifs is 2. The van der Waals surface area contributed by atoms with Gasteiger partial charge in [-0.15, -0.1) is 0 Å². The number of nitrogens with one attached hydrogen (secondary N) is 1. The molecule has 0 radical (unpaired) electrons. The molecule has 1 N–H and O–H groups in total. The number of ether oxygens (including phenoxy) is 2. The van der Waals surface area contributed by atoms with Crippen molar-refractivity contribution in [1.82, 2.24) is 4.98 Å². The zero-order valence-electron chi connectivity index (χ0n) is 14.1. The van der Waals surface area contributed by atoms with Crippen molar-refractivity contribution in [3.8, 4) is 11.5 Å². The molecule has 26 heavy (non-hydrogen) atoms. The van der Waals surface area contributed by atoms with Gasteiger partial charge in [0.2, 0.25) is 0 Å². The maximum atomic E-state index is 12.2. The molecule has 0 fully saturated rings. The zero-order valence-corrected chi connectivity index (χ0v) is 14.9. The summed E-state index contributed by atoms with van der Waals surface area (Å²) in [5.74, 6) is 1.09. The highest BCUT2D eigenvalue weighted by atomic mass is 32.1. The van der Waals surface area contributed by atoms with Crippen LogP contribution in [-0.2, 0) is 4.79 Å². The molecule has 0 aliphatic rings. The number of hydrogen-bond acceptors (Lipinski definition) is 5. The second-order valence-corrected chi connectivity index (χ2v) is 6.70. The number of thiazole rings is 1. The van der Waals surface area contributed by atoms with Gasteiger partial charge in [-0.1, -0.05) is 47.7 Å². The van der Waals surface area contributed by atoms with Gasteiger partial charge in [-0.3, -0.25) is 10.1 Å². The second-order valence-electron chi connectivity index (χ2n) is 5.67. The van der Waals surface area contributed by atoms with Crippen LogP contribution < -0.4 is 14.8 Å². The molecular weight excluding hydrogens is 348 g/mol. The summed E-state index contributed by atoms with van der Waals surface area (Å²) in [6.45, 7) is -0.0780. The first-order valence-electron chi connectivity index (χ1n) is 8.08. The highest BCUT2D eigenvalue weighted by Gasteiger charge is 2.11. The van der Waals surface area contributed by atoms with E-state index in [-0.39, 0.29) is 12.5 Å². The van der Waals surface area contributed by atoms with E-state index < -0.39 is 0 Å². The predicted molar refractivity (Wildman–Crippen MR) is 104 cm³/mol. The summed E-state index contributed by atoms with van der Waals surface area (Å²) in [6.07, 6.45) is 0. The minimum absolute atomic E-state index is 0.0780. The van der Waals surface area contributed by atoms with Gasteiger partial charge in [0, 0.05) is 0 Å². The van der Waals surface area contributed by atoms with Crippen LogP contribution in [0.3, 0.4) is 0 Å². The largest absolute Gasteiger partial charge is 0.494 e. The van der Waals surface area contributed by atoms with Crippen molar-refractivity contribution in [3.63, 3.8) is 0 Å². The first-order valence-corrected chi connectivity index (χ1v) is 8.89. The number of anilines is 1. The molecule has 4 aromatic rings. The molecule has 6 heteroatoms. The highest BCUT2D eigenvalue weighted by Crippen LogP contribution is 2.32. The Morgan fingerprint density at radius 1 is 1.08 bits per heavy atom. The van der Waals surface area contributed by atoms with Gasteiger partial charge in [0.25, 0.3) is 5.91 Å². The van der Waals surface area contributed by atoms with E-state index in [0.29, 0.717) is 16.6 Å². The molecule has 1 amide bonds. The van der Waals surface area contributed by atoms with E-state index in [0.717, 1.165) is 21.0 Å². The summed E-state index contributed by atoms with van der Waals surface area (Å²) in [5, 5.41) is 5.51. The van der Waals surface area contributed by atoms with E-state index in [9.17, 15) is 4.79 Å². The molecule has 0 bridgehead atoms. The average Bonchev–Trinajstić information content (AvgIpc) is 3.08. The van der Waals surface area contributed by atoms with Crippen molar-refractivity contribution >= 4 is 43.4 Å². The van der Waals surface area contributed by atoms with Gasteiger partial charge in [-0.2, -0.15) is 0 Å². The maximum absolute atomic E-state index is 12.2. The smallest absolute Gasteiger partial charge is 0.264 e. The van der Waals surface area contributed by atoms with Crippen LogP contribution in [0, 0.1) is 0 Å². The molecule has 0 spiro atoms. The summed E-state index contributed by atoms with van der Waals surface area (Å²) in [7, 11) is 1.60. The fourth-order valence-corrected chi connectivity index (χ4v) is 3.60. The maximum Gasteiger partial charge on any atom is 0.264 e. The second kappa shape index (κ2) is 7.01. The number of carbonyl (C=O) groups is 1. The first kappa shape index (κ1) is 16.4. The molecule has 5 nitrogen and oxygen atoms in total. The molecule has 4 rings (SSSR count). The molecule has 0 saturated carbocycles. The normalized spacial score (nSPS) is 10.8. The van der Waals surface area contributed by atoms with Gasteiger partial charge in [0.05, 0.1) is 11.8 Å². The summed E-state index contributed by atoms with van der Waals surface area (Å²) in [5.41, 5.74) is 0.741. The van der Waals surface area contributed by atoms with Gasteiger partial charge in [0.1, 0.15) is 17.0 Å². The molecule has 1 aromatic heterocycles. The van der Waals surface area contributed by atoms with Crippen molar-refractivity contribution < 1.29 is 14.3 Å². The van der Waals surface area contributed by atoms with Crippen LogP contribution in [0.2, 0.25) is 0 Å². The lowest BCUT2D eigenvalue weighted by atomic mass is 10.1. The standard InChI is InChI=1S/C20H16N2O3S/c1-24-16-7-4-8-17-19(16)22-20(26-17)21-18(23)12-25-15-10-9-13-5-2-3-6-14(13)11-15/h2-11H,12H2,1H3,(H,21,22,23). The zero-order chi connectivity index (χ0) is 17.9. The molecule has 0 atom stereocenters. The lowest BCUT2D eigenvalue weighted by Gasteiger charge is -2.07. The molecule has 130 valence electrons. The van der Waals surface area contributed by atoms with Crippen molar-refractivity contribution in [2.45, 2.75) is 0 Å². The lowest BCUT2D eigenvalue weighted by molar-refractivity contribution is -0.118. The topological polar surface area (TPSA) is 60.5 Å². The Morgan fingerprint density at radius 3 is 2.77 bits per heavy atom. The number of amides is 1. The fraction of sp³-hybridized carbons (Fsp3) is 0.100. The summed E-state index contributed by atoms with van der Waals surface area (Å²) in [4.78, 5) is 16.6. The van der Waals surface area contributed by atoms with Crippen LogP contribution >= 0.6 is 11.3 Å². The Bertz CT molecular complexity index is 1090. The fourth-order valence-electron chi connectivity index (χ4n) is 2.70. The quantitative estimate of drug-likeness (QED) is 0.567. The van der Waals surface area contributed by atoms with Crippen molar-refractivity contribution in [3.05, 3.63) is 60.7 Å².